The fourth-order valence-electron chi connectivity index (χ4n) is 3.71. The number of amides is 2. The fourth-order valence-corrected chi connectivity index (χ4v) is 4.74. The van der Waals surface area contributed by atoms with E-state index in [0.29, 0.717) is 11.3 Å². The molecule has 0 aromatic heterocycles. The summed E-state index contributed by atoms with van der Waals surface area (Å²) < 4.78 is 13.1. The van der Waals surface area contributed by atoms with Crippen LogP contribution in [0.15, 0.2) is 102 Å². The molecule has 4 aromatic rings. The molecule has 176 valence electrons. The zero-order valence-electron chi connectivity index (χ0n) is 19.4. The van der Waals surface area contributed by atoms with Crippen molar-refractivity contribution >= 4 is 35.0 Å². The first-order valence-electron chi connectivity index (χ1n) is 11.1. The van der Waals surface area contributed by atoms with Gasteiger partial charge in [-0.25, -0.2) is 4.39 Å². The largest absolute Gasteiger partial charge is 0.325 e. The minimum atomic E-state index is -0.461. The number of aryl methyl sites for hydroxylation is 2. The van der Waals surface area contributed by atoms with Crippen molar-refractivity contribution < 1.29 is 14.0 Å². The molecule has 0 radical (unpaired) electrons. The van der Waals surface area contributed by atoms with Crippen molar-refractivity contribution in [2.24, 2.45) is 0 Å². The van der Waals surface area contributed by atoms with Gasteiger partial charge in [-0.05, 0) is 91.2 Å². The van der Waals surface area contributed by atoms with Crippen LogP contribution in [-0.2, 0) is 4.79 Å². The van der Waals surface area contributed by atoms with Crippen LogP contribution < -0.4 is 10.6 Å². The van der Waals surface area contributed by atoms with Gasteiger partial charge in [0.05, 0.1) is 0 Å². The average Bonchev–Trinajstić information content (AvgIpc) is 2.83. The number of carbonyl (C=O) groups excluding carboxylic acids is 2. The maximum Gasteiger partial charge on any atom is 0.255 e. The highest BCUT2D eigenvalue weighted by Gasteiger charge is 2.22. The van der Waals surface area contributed by atoms with Gasteiger partial charge in [-0.2, -0.15) is 0 Å². The van der Waals surface area contributed by atoms with Crippen LogP contribution in [0.5, 0.6) is 0 Å². The predicted octanol–water partition coefficient (Wildman–Crippen LogP) is 7.17. The molecule has 0 spiro atoms. The molecular weight excluding hydrogens is 459 g/mol. The van der Waals surface area contributed by atoms with Crippen LogP contribution in [-0.4, -0.2) is 11.8 Å². The predicted molar refractivity (Wildman–Crippen MR) is 140 cm³/mol. The van der Waals surface area contributed by atoms with E-state index in [4.69, 9.17) is 0 Å². The van der Waals surface area contributed by atoms with Crippen LogP contribution in [0.3, 0.4) is 0 Å². The molecular formula is C29H25FN2O2S. The average molecular weight is 485 g/mol. The summed E-state index contributed by atoms with van der Waals surface area (Å²) in [6.07, 6.45) is 0. The minimum Gasteiger partial charge on any atom is -0.325 e. The third-order valence-corrected chi connectivity index (χ3v) is 6.57. The lowest BCUT2D eigenvalue weighted by Crippen LogP contribution is -2.19. The molecule has 0 aliphatic rings. The second kappa shape index (κ2) is 11.0. The van der Waals surface area contributed by atoms with E-state index in [2.05, 4.69) is 16.7 Å². The van der Waals surface area contributed by atoms with Crippen molar-refractivity contribution in [1.29, 1.82) is 0 Å². The van der Waals surface area contributed by atoms with Gasteiger partial charge in [-0.3, -0.25) is 9.59 Å². The van der Waals surface area contributed by atoms with Gasteiger partial charge in [-0.1, -0.05) is 36.4 Å². The number of hydrogen-bond donors (Lipinski definition) is 2. The summed E-state index contributed by atoms with van der Waals surface area (Å²) in [4.78, 5) is 26.6. The van der Waals surface area contributed by atoms with E-state index in [-0.39, 0.29) is 11.8 Å². The Hall–Kier alpha value is -3.90. The maximum absolute atomic E-state index is 13.3. The standard InChI is InChI=1S/C29H25FN2O2S/c1-19-16-20(2)18-25(17-19)32-29(34)27(21-6-4-3-5-7-21)35-26-14-12-24(13-15-26)31-28(33)22-8-10-23(30)11-9-22/h3-18,27H,1-2H3,(H,31,33)(H,32,34). The van der Waals surface area contributed by atoms with Gasteiger partial charge in [0.25, 0.3) is 5.91 Å². The number of thioether (sulfide) groups is 1. The smallest absolute Gasteiger partial charge is 0.255 e. The summed E-state index contributed by atoms with van der Waals surface area (Å²) in [5, 5.41) is 5.40. The molecule has 6 heteroatoms. The van der Waals surface area contributed by atoms with E-state index in [1.807, 2.05) is 68.4 Å². The highest BCUT2D eigenvalue weighted by atomic mass is 32.2. The highest BCUT2D eigenvalue weighted by molar-refractivity contribution is 8.00. The third-order valence-electron chi connectivity index (χ3n) is 5.30. The van der Waals surface area contributed by atoms with Crippen molar-refractivity contribution in [3.63, 3.8) is 0 Å². The Bertz CT molecular complexity index is 1300. The molecule has 0 aliphatic heterocycles. The molecule has 35 heavy (non-hydrogen) atoms. The molecule has 0 saturated heterocycles. The number of benzene rings is 4. The summed E-state index contributed by atoms with van der Waals surface area (Å²) in [6, 6.07) is 28.3. The lowest BCUT2D eigenvalue weighted by Gasteiger charge is -2.18. The maximum atomic E-state index is 13.3. The molecule has 2 N–H and O–H groups in total. The van der Waals surface area contributed by atoms with Gasteiger partial charge in [0.1, 0.15) is 11.1 Å². The molecule has 0 saturated carbocycles. The Balaban J connectivity index is 1.49. The summed E-state index contributed by atoms with van der Waals surface area (Å²) in [7, 11) is 0. The zero-order chi connectivity index (χ0) is 24.8. The molecule has 0 aliphatic carbocycles. The first-order valence-corrected chi connectivity index (χ1v) is 12.0. The molecule has 0 bridgehead atoms. The number of anilines is 2. The lowest BCUT2D eigenvalue weighted by molar-refractivity contribution is -0.115. The highest BCUT2D eigenvalue weighted by Crippen LogP contribution is 2.37. The van der Waals surface area contributed by atoms with E-state index in [9.17, 15) is 14.0 Å². The Morgan fingerprint density at radius 1 is 0.743 bits per heavy atom. The molecule has 0 fully saturated rings. The molecule has 4 rings (SSSR count). The molecule has 1 unspecified atom stereocenters. The number of hydrogen-bond acceptors (Lipinski definition) is 3. The first-order chi connectivity index (χ1) is 16.9. The van der Waals surface area contributed by atoms with Gasteiger partial charge in [0.15, 0.2) is 0 Å². The molecule has 0 heterocycles. The number of rotatable bonds is 7. The second-order valence-corrected chi connectivity index (χ2v) is 9.44. The van der Waals surface area contributed by atoms with Crippen molar-refractivity contribution in [3.05, 3.63) is 125 Å². The number of nitrogens with one attached hydrogen (secondary N) is 2. The first kappa shape index (κ1) is 24.2. The Morgan fingerprint density at radius 2 is 1.37 bits per heavy atom. The van der Waals surface area contributed by atoms with Gasteiger partial charge in [-0.15, -0.1) is 11.8 Å². The van der Waals surface area contributed by atoms with Crippen molar-refractivity contribution in [2.45, 2.75) is 24.0 Å². The normalized spacial score (nSPS) is 11.5. The van der Waals surface area contributed by atoms with Crippen molar-refractivity contribution in [3.8, 4) is 0 Å². The Labute approximate surface area is 208 Å². The van der Waals surface area contributed by atoms with Crippen molar-refractivity contribution in [2.75, 3.05) is 10.6 Å². The molecule has 4 nitrogen and oxygen atoms in total. The number of carbonyl (C=O) groups is 2. The third kappa shape index (κ3) is 6.58. The Kier molecular flexibility index (Phi) is 7.63. The van der Waals surface area contributed by atoms with Crippen LogP contribution in [0.25, 0.3) is 0 Å². The quantitative estimate of drug-likeness (QED) is 0.274. The van der Waals surface area contributed by atoms with Gasteiger partial charge in [0, 0.05) is 21.8 Å². The summed E-state index contributed by atoms with van der Waals surface area (Å²) >= 11 is 1.44. The number of halogens is 1. The fraction of sp³-hybridized carbons (Fsp3) is 0.103. The second-order valence-electron chi connectivity index (χ2n) is 8.26. The molecule has 2 amide bonds. The summed E-state index contributed by atoms with van der Waals surface area (Å²) in [5.41, 5.74) is 4.82. The van der Waals surface area contributed by atoms with Gasteiger partial charge < -0.3 is 10.6 Å². The van der Waals surface area contributed by atoms with E-state index >= 15 is 0 Å². The molecule has 4 aromatic carbocycles. The van der Waals surface area contributed by atoms with Gasteiger partial charge in [0.2, 0.25) is 5.91 Å². The van der Waals surface area contributed by atoms with E-state index < -0.39 is 11.1 Å². The minimum absolute atomic E-state index is 0.111. The van der Waals surface area contributed by atoms with Gasteiger partial charge >= 0.3 is 0 Å². The van der Waals surface area contributed by atoms with Crippen LogP contribution in [0.4, 0.5) is 15.8 Å². The van der Waals surface area contributed by atoms with Crippen LogP contribution in [0.1, 0.15) is 32.3 Å². The van der Waals surface area contributed by atoms with Crippen molar-refractivity contribution in [1.82, 2.24) is 0 Å². The van der Waals surface area contributed by atoms with Crippen LogP contribution >= 0.6 is 11.8 Å². The summed E-state index contributed by atoms with van der Waals surface area (Å²) in [6.45, 7) is 4.00. The SMILES string of the molecule is Cc1cc(C)cc(NC(=O)C(Sc2ccc(NC(=O)c3ccc(F)cc3)cc2)c2ccccc2)c1. The van der Waals surface area contributed by atoms with E-state index in [0.717, 1.165) is 27.3 Å². The molecule has 1 atom stereocenters. The van der Waals surface area contributed by atoms with E-state index in [1.165, 1.54) is 36.0 Å². The Morgan fingerprint density at radius 3 is 2.00 bits per heavy atom. The summed E-state index contributed by atoms with van der Waals surface area (Å²) in [5.74, 6) is -0.822. The zero-order valence-corrected chi connectivity index (χ0v) is 20.2. The lowest BCUT2D eigenvalue weighted by atomic mass is 10.1. The van der Waals surface area contributed by atoms with Crippen LogP contribution in [0, 0.1) is 19.7 Å². The topological polar surface area (TPSA) is 58.2 Å². The van der Waals surface area contributed by atoms with E-state index in [1.54, 1.807) is 12.1 Å². The van der Waals surface area contributed by atoms with Crippen LogP contribution in [0.2, 0.25) is 0 Å². The monoisotopic (exact) mass is 484 g/mol.